The minimum Gasteiger partial charge on any atom is -0.394 e. The summed E-state index contributed by atoms with van der Waals surface area (Å²) >= 11 is 0. The zero-order valence-corrected chi connectivity index (χ0v) is 10.8. The highest BCUT2D eigenvalue weighted by atomic mass is 16.3. The molecule has 0 aliphatic heterocycles. The van der Waals surface area contributed by atoms with E-state index in [1.54, 1.807) is 0 Å². The molecule has 0 saturated heterocycles. The van der Waals surface area contributed by atoms with E-state index in [1.165, 1.54) is 0 Å². The molecule has 1 rings (SSSR count). The quantitative estimate of drug-likeness (QED) is 0.308. The fourth-order valence-corrected chi connectivity index (χ4v) is 2.32. The summed E-state index contributed by atoms with van der Waals surface area (Å²) in [5.74, 6) is 0. The topological polar surface area (TPSA) is 105 Å². The summed E-state index contributed by atoms with van der Waals surface area (Å²) in [4.78, 5) is 0. The average Bonchev–Trinajstić information content (AvgIpc) is 2.42. The van der Waals surface area contributed by atoms with Crippen molar-refractivity contribution in [1.29, 1.82) is 0 Å². The van der Waals surface area contributed by atoms with Crippen LogP contribution in [0.5, 0.6) is 0 Å². The molecule has 0 heterocycles. The lowest BCUT2D eigenvalue weighted by molar-refractivity contribution is 0.0808. The smallest absolute Gasteiger partial charge is 0.0895 e. The zero-order valence-electron chi connectivity index (χ0n) is 10.8. The van der Waals surface area contributed by atoms with Gasteiger partial charge in [0.15, 0.2) is 0 Å². The summed E-state index contributed by atoms with van der Waals surface area (Å²) in [5, 5.41) is 42.7. The van der Waals surface area contributed by atoms with Gasteiger partial charge in [0, 0.05) is 25.2 Å². The number of nitrogens with one attached hydrogen (secondary N) is 2. The first-order valence-corrected chi connectivity index (χ1v) is 6.72. The molecule has 0 bridgehead atoms. The van der Waals surface area contributed by atoms with E-state index in [0.717, 1.165) is 25.7 Å². The van der Waals surface area contributed by atoms with Crippen molar-refractivity contribution in [3.8, 4) is 0 Å². The molecule has 0 aromatic heterocycles. The van der Waals surface area contributed by atoms with Crippen molar-refractivity contribution in [2.24, 2.45) is 0 Å². The van der Waals surface area contributed by atoms with E-state index >= 15 is 0 Å². The third-order valence-electron chi connectivity index (χ3n) is 3.42. The van der Waals surface area contributed by atoms with Gasteiger partial charge in [0.25, 0.3) is 0 Å². The van der Waals surface area contributed by atoms with Crippen LogP contribution in [0, 0.1) is 0 Å². The Morgan fingerprint density at radius 3 is 1.56 bits per heavy atom. The SMILES string of the molecule is OCC(O)CN[C@@H]1CCCC[C@H]1NCC(O)CO. The minimum absolute atomic E-state index is 0.235. The van der Waals surface area contributed by atoms with E-state index in [2.05, 4.69) is 10.6 Å². The largest absolute Gasteiger partial charge is 0.394 e. The van der Waals surface area contributed by atoms with Crippen LogP contribution in [0.25, 0.3) is 0 Å². The summed E-state index contributed by atoms with van der Waals surface area (Å²) in [5.41, 5.74) is 0. The molecule has 0 amide bonds. The van der Waals surface area contributed by atoms with Crippen molar-refractivity contribution in [2.75, 3.05) is 26.3 Å². The van der Waals surface area contributed by atoms with Crippen LogP contribution in [0.4, 0.5) is 0 Å². The molecule has 0 spiro atoms. The maximum absolute atomic E-state index is 9.33. The summed E-state index contributed by atoms with van der Waals surface area (Å²) in [7, 11) is 0. The molecule has 1 aliphatic carbocycles. The van der Waals surface area contributed by atoms with E-state index in [-0.39, 0.29) is 25.3 Å². The van der Waals surface area contributed by atoms with Crippen molar-refractivity contribution in [2.45, 2.75) is 50.0 Å². The second kappa shape index (κ2) is 8.79. The number of hydrogen-bond donors (Lipinski definition) is 6. The van der Waals surface area contributed by atoms with Crippen molar-refractivity contribution in [1.82, 2.24) is 10.6 Å². The Morgan fingerprint density at radius 1 is 0.833 bits per heavy atom. The average molecular weight is 262 g/mol. The van der Waals surface area contributed by atoms with E-state index in [9.17, 15) is 10.2 Å². The molecule has 4 atom stereocenters. The molecular formula is C12H26N2O4. The first-order chi connectivity index (χ1) is 8.67. The molecule has 6 N–H and O–H groups in total. The van der Waals surface area contributed by atoms with Gasteiger partial charge in [0.1, 0.15) is 0 Å². The Hall–Kier alpha value is -0.240. The molecular weight excluding hydrogens is 236 g/mol. The lowest BCUT2D eigenvalue weighted by Gasteiger charge is -2.34. The summed E-state index contributed by atoms with van der Waals surface area (Å²) in [6.45, 7) is 0.284. The fraction of sp³-hybridized carbons (Fsp3) is 1.00. The van der Waals surface area contributed by atoms with Crippen molar-refractivity contribution in [3.05, 3.63) is 0 Å². The normalized spacial score (nSPS) is 28.0. The van der Waals surface area contributed by atoms with Crippen LogP contribution in [0.3, 0.4) is 0 Å². The van der Waals surface area contributed by atoms with E-state index in [1.807, 2.05) is 0 Å². The maximum Gasteiger partial charge on any atom is 0.0895 e. The second-order valence-corrected chi connectivity index (χ2v) is 4.99. The number of rotatable bonds is 8. The summed E-state index contributed by atoms with van der Waals surface area (Å²) < 4.78 is 0. The van der Waals surface area contributed by atoms with Gasteiger partial charge in [-0.2, -0.15) is 0 Å². The van der Waals surface area contributed by atoms with Crippen LogP contribution in [-0.2, 0) is 0 Å². The van der Waals surface area contributed by atoms with Crippen LogP contribution in [-0.4, -0.2) is 71.0 Å². The Morgan fingerprint density at radius 2 is 1.22 bits per heavy atom. The van der Waals surface area contributed by atoms with Gasteiger partial charge in [0.05, 0.1) is 25.4 Å². The first kappa shape index (κ1) is 15.8. The molecule has 1 aliphatic rings. The van der Waals surface area contributed by atoms with E-state index in [0.29, 0.717) is 13.1 Å². The highest BCUT2D eigenvalue weighted by molar-refractivity contribution is 4.87. The molecule has 1 saturated carbocycles. The Bertz CT molecular complexity index is 196. The minimum atomic E-state index is -0.726. The van der Waals surface area contributed by atoms with Gasteiger partial charge < -0.3 is 31.1 Å². The molecule has 18 heavy (non-hydrogen) atoms. The standard InChI is InChI=1S/C12H26N2O4/c15-7-9(17)5-13-11-3-1-2-4-12(11)14-6-10(18)8-16/h9-18H,1-8H2/t9?,10?,11-,12-/m1/s1. The van der Waals surface area contributed by atoms with Gasteiger partial charge in [0.2, 0.25) is 0 Å². The van der Waals surface area contributed by atoms with Gasteiger partial charge in [-0.25, -0.2) is 0 Å². The molecule has 0 aromatic carbocycles. The summed E-state index contributed by atoms with van der Waals surface area (Å²) in [6, 6.07) is 0.483. The van der Waals surface area contributed by atoms with Gasteiger partial charge in [-0.05, 0) is 12.8 Å². The molecule has 108 valence electrons. The van der Waals surface area contributed by atoms with Crippen LogP contribution in [0.1, 0.15) is 25.7 Å². The van der Waals surface area contributed by atoms with Crippen LogP contribution in [0.2, 0.25) is 0 Å². The number of aliphatic hydroxyl groups excluding tert-OH is 4. The molecule has 2 unspecified atom stereocenters. The Labute approximate surface area is 108 Å². The highest BCUT2D eigenvalue weighted by Crippen LogP contribution is 2.18. The van der Waals surface area contributed by atoms with Gasteiger partial charge >= 0.3 is 0 Å². The number of hydrogen-bond acceptors (Lipinski definition) is 6. The van der Waals surface area contributed by atoms with Crippen molar-refractivity contribution < 1.29 is 20.4 Å². The summed E-state index contributed by atoms with van der Waals surface area (Å²) in [6.07, 6.45) is 2.88. The van der Waals surface area contributed by atoms with Gasteiger partial charge in [-0.1, -0.05) is 12.8 Å². The molecule has 6 heteroatoms. The fourth-order valence-electron chi connectivity index (χ4n) is 2.32. The van der Waals surface area contributed by atoms with Crippen LogP contribution in [0.15, 0.2) is 0 Å². The maximum atomic E-state index is 9.33. The molecule has 1 fully saturated rings. The van der Waals surface area contributed by atoms with Crippen molar-refractivity contribution in [3.63, 3.8) is 0 Å². The highest BCUT2D eigenvalue weighted by Gasteiger charge is 2.25. The molecule has 0 aromatic rings. The lowest BCUT2D eigenvalue weighted by atomic mass is 9.90. The third kappa shape index (κ3) is 5.60. The molecule has 0 radical (unpaired) electrons. The zero-order chi connectivity index (χ0) is 13.4. The van der Waals surface area contributed by atoms with Crippen LogP contribution >= 0.6 is 0 Å². The lowest BCUT2D eigenvalue weighted by Crippen LogP contribution is -2.53. The van der Waals surface area contributed by atoms with Gasteiger partial charge in [-0.15, -0.1) is 0 Å². The van der Waals surface area contributed by atoms with E-state index < -0.39 is 12.2 Å². The predicted molar refractivity (Wildman–Crippen MR) is 68.2 cm³/mol. The Balaban J connectivity index is 2.32. The number of aliphatic hydroxyl groups is 4. The Kier molecular flexibility index (Phi) is 7.73. The van der Waals surface area contributed by atoms with Crippen LogP contribution < -0.4 is 10.6 Å². The third-order valence-corrected chi connectivity index (χ3v) is 3.42. The monoisotopic (exact) mass is 262 g/mol. The second-order valence-electron chi connectivity index (χ2n) is 4.99. The predicted octanol–water partition coefficient (Wildman–Crippen LogP) is -1.82. The van der Waals surface area contributed by atoms with Crippen molar-refractivity contribution >= 4 is 0 Å². The molecule has 6 nitrogen and oxygen atoms in total. The van der Waals surface area contributed by atoms with Gasteiger partial charge in [-0.3, -0.25) is 0 Å². The first-order valence-electron chi connectivity index (χ1n) is 6.72. The van der Waals surface area contributed by atoms with E-state index in [4.69, 9.17) is 10.2 Å².